The number of nitrogens with zero attached hydrogens (tertiary/aromatic N) is 1. The van der Waals surface area contributed by atoms with E-state index in [1.54, 1.807) is 0 Å². The summed E-state index contributed by atoms with van der Waals surface area (Å²) in [7, 11) is 1.87. The number of nitrogen functional groups attached to an aromatic ring is 1. The number of benzene rings is 1. The van der Waals surface area contributed by atoms with Crippen LogP contribution in [0.3, 0.4) is 0 Å². The van der Waals surface area contributed by atoms with Gasteiger partial charge in [0, 0.05) is 13.1 Å². The number of rotatable bonds is 3. The molecular weight excluding hydrogens is 214 g/mol. The van der Waals surface area contributed by atoms with Crippen LogP contribution in [-0.2, 0) is 0 Å². The Morgan fingerprint density at radius 2 is 2.18 bits per heavy atom. The van der Waals surface area contributed by atoms with Crippen molar-refractivity contribution < 1.29 is 4.79 Å². The van der Waals surface area contributed by atoms with Crippen LogP contribution in [0.15, 0.2) is 18.2 Å². The summed E-state index contributed by atoms with van der Waals surface area (Å²) < 4.78 is 0. The van der Waals surface area contributed by atoms with Crippen LogP contribution in [-0.4, -0.2) is 23.9 Å². The number of carbonyl (C=O) groups excluding carboxylic acids is 1. The molecule has 4 nitrogen and oxygen atoms in total. The average Bonchev–Trinajstić information content (AvgIpc) is 2.25. The van der Waals surface area contributed by atoms with E-state index < -0.39 is 0 Å². The van der Waals surface area contributed by atoms with Crippen molar-refractivity contribution in [2.24, 2.45) is 5.84 Å². The average molecular weight is 233 g/mol. The first-order valence-corrected chi connectivity index (χ1v) is 5.98. The molecule has 4 heteroatoms. The van der Waals surface area contributed by atoms with Gasteiger partial charge >= 0.3 is 0 Å². The third kappa shape index (κ3) is 2.26. The molecule has 0 bridgehead atoms. The van der Waals surface area contributed by atoms with Crippen molar-refractivity contribution in [3.63, 3.8) is 0 Å². The van der Waals surface area contributed by atoms with Gasteiger partial charge in [0.15, 0.2) is 0 Å². The van der Waals surface area contributed by atoms with Gasteiger partial charge in [0.1, 0.15) is 0 Å². The van der Waals surface area contributed by atoms with Gasteiger partial charge in [-0.2, -0.15) is 0 Å². The molecule has 3 N–H and O–H groups in total. The largest absolute Gasteiger partial charge is 0.339 e. The van der Waals surface area contributed by atoms with Gasteiger partial charge in [-0.25, -0.2) is 0 Å². The Morgan fingerprint density at radius 3 is 2.71 bits per heavy atom. The monoisotopic (exact) mass is 233 g/mol. The van der Waals surface area contributed by atoms with Crippen molar-refractivity contribution in [3.8, 4) is 0 Å². The fourth-order valence-electron chi connectivity index (χ4n) is 2.09. The number of nitrogens with one attached hydrogen (secondary N) is 1. The minimum atomic E-state index is 0.0475. The van der Waals surface area contributed by atoms with Gasteiger partial charge < -0.3 is 10.3 Å². The number of aryl methyl sites for hydroxylation is 1. The van der Waals surface area contributed by atoms with Crippen LogP contribution in [0.5, 0.6) is 0 Å². The standard InChI is InChI=1S/C13H19N3O/c1-9-6-7-12(15-14)11(8-9)13(17)16(2)10-4-3-5-10/h6-8,10,15H,3-5,14H2,1-2H3. The summed E-state index contributed by atoms with van der Waals surface area (Å²) in [6, 6.07) is 6.06. The molecular formula is C13H19N3O. The smallest absolute Gasteiger partial charge is 0.256 e. The topological polar surface area (TPSA) is 58.4 Å². The molecule has 2 rings (SSSR count). The maximum atomic E-state index is 12.3. The zero-order chi connectivity index (χ0) is 12.4. The number of hydrazine groups is 1. The number of amides is 1. The Kier molecular flexibility index (Phi) is 3.33. The van der Waals surface area contributed by atoms with E-state index in [2.05, 4.69) is 5.43 Å². The second kappa shape index (κ2) is 4.75. The summed E-state index contributed by atoms with van der Waals surface area (Å²) in [4.78, 5) is 14.2. The lowest BCUT2D eigenvalue weighted by molar-refractivity contribution is 0.0653. The molecule has 0 spiro atoms. The second-order valence-electron chi connectivity index (χ2n) is 4.69. The van der Waals surface area contributed by atoms with Crippen molar-refractivity contribution in [2.45, 2.75) is 32.2 Å². The molecule has 0 heterocycles. The molecule has 1 aromatic carbocycles. The summed E-state index contributed by atoms with van der Waals surface area (Å²) in [6.45, 7) is 1.97. The molecule has 1 saturated carbocycles. The third-order valence-electron chi connectivity index (χ3n) is 3.50. The summed E-state index contributed by atoms with van der Waals surface area (Å²) in [6.07, 6.45) is 3.44. The lowest BCUT2D eigenvalue weighted by atomic mass is 9.91. The van der Waals surface area contributed by atoms with Crippen LogP contribution in [0, 0.1) is 6.92 Å². The van der Waals surface area contributed by atoms with Gasteiger partial charge in [0.2, 0.25) is 0 Å². The minimum Gasteiger partial charge on any atom is -0.339 e. The lowest BCUT2D eigenvalue weighted by Crippen LogP contribution is -2.41. The summed E-state index contributed by atoms with van der Waals surface area (Å²) >= 11 is 0. The molecule has 17 heavy (non-hydrogen) atoms. The minimum absolute atomic E-state index is 0.0475. The predicted octanol–water partition coefficient (Wildman–Crippen LogP) is 1.91. The molecule has 1 amide bonds. The summed E-state index contributed by atoms with van der Waals surface area (Å²) in [5.41, 5.74) is 4.99. The van der Waals surface area contributed by atoms with E-state index in [1.165, 1.54) is 6.42 Å². The van der Waals surface area contributed by atoms with E-state index >= 15 is 0 Å². The van der Waals surface area contributed by atoms with Gasteiger partial charge in [-0.15, -0.1) is 0 Å². The summed E-state index contributed by atoms with van der Waals surface area (Å²) in [5, 5.41) is 0. The van der Waals surface area contributed by atoms with Gasteiger partial charge in [-0.3, -0.25) is 10.6 Å². The molecule has 1 fully saturated rings. The van der Waals surface area contributed by atoms with E-state index in [0.29, 0.717) is 17.3 Å². The molecule has 0 aliphatic heterocycles. The van der Waals surface area contributed by atoms with Crippen molar-refractivity contribution in [1.29, 1.82) is 0 Å². The Bertz CT molecular complexity index is 427. The fourth-order valence-corrected chi connectivity index (χ4v) is 2.09. The number of hydrogen-bond acceptors (Lipinski definition) is 3. The molecule has 0 atom stereocenters. The molecule has 92 valence electrons. The van der Waals surface area contributed by atoms with E-state index in [9.17, 15) is 4.79 Å². The lowest BCUT2D eigenvalue weighted by Gasteiger charge is -2.35. The molecule has 1 aliphatic rings. The van der Waals surface area contributed by atoms with Crippen LogP contribution in [0.2, 0.25) is 0 Å². The quantitative estimate of drug-likeness (QED) is 0.619. The Labute approximate surface area is 102 Å². The first-order valence-electron chi connectivity index (χ1n) is 5.98. The predicted molar refractivity (Wildman–Crippen MR) is 68.7 cm³/mol. The first-order chi connectivity index (χ1) is 8.13. The summed E-state index contributed by atoms with van der Waals surface area (Å²) in [5.74, 6) is 5.49. The first kappa shape index (κ1) is 11.9. The maximum absolute atomic E-state index is 12.3. The number of hydrogen-bond donors (Lipinski definition) is 2. The second-order valence-corrected chi connectivity index (χ2v) is 4.69. The van der Waals surface area contributed by atoms with E-state index in [0.717, 1.165) is 18.4 Å². The number of nitrogens with two attached hydrogens (primary N) is 1. The molecule has 1 aliphatic carbocycles. The van der Waals surface area contributed by atoms with Crippen molar-refractivity contribution in [2.75, 3.05) is 12.5 Å². The fraction of sp³-hybridized carbons (Fsp3) is 0.462. The Morgan fingerprint density at radius 1 is 1.47 bits per heavy atom. The molecule has 1 aromatic rings. The van der Waals surface area contributed by atoms with Crippen molar-refractivity contribution in [3.05, 3.63) is 29.3 Å². The van der Waals surface area contributed by atoms with Gasteiger partial charge in [0.05, 0.1) is 11.3 Å². The highest BCUT2D eigenvalue weighted by atomic mass is 16.2. The van der Waals surface area contributed by atoms with E-state index in [4.69, 9.17) is 5.84 Å². The normalized spacial score (nSPS) is 15.2. The molecule has 0 aromatic heterocycles. The van der Waals surface area contributed by atoms with Crippen molar-refractivity contribution in [1.82, 2.24) is 4.90 Å². The number of anilines is 1. The van der Waals surface area contributed by atoms with Crippen LogP contribution in [0.4, 0.5) is 5.69 Å². The molecule has 0 radical (unpaired) electrons. The zero-order valence-corrected chi connectivity index (χ0v) is 10.4. The van der Waals surface area contributed by atoms with Crippen LogP contribution in [0.25, 0.3) is 0 Å². The van der Waals surface area contributed by atoms with Gasteiger partial charge in [-0.1, -0.05) is 11.6 Å². The highest BCUT2D eigenvalue weighted by Gasteiger charge is 2.27. The molecule has 0 unspecified atom stereocenters. The van der Waals surface area contributed by atoms with E-state index in [-0.39, 0.29) is 5.91 Å². The van der Waals surface area contributed by atoms with Gasteiger partial charge in [0.25, 0.3) is 5.91 Å². The Hall–Kier alpha value is -1.55. The zero-order valence-electron chi connectivity index (χ0n) is 10.4. The van der Waals surface area contributed by atoms with Crippen molar-refractivity contribution >= 4 is 11.6 Å². The van der Waals surface area contributed by atoms with Crippen LogP contribution in [0.1, 0.15) is 35.2 Å². The third-order valence-corrected chi connectivity index (χ3v) is 3.50. The van der Waals surface area contributed by atoms with Crippen LogP contribution < -0.4 is 11.3 Å². The highest BCUT2D eigenvalue weighted by Crippen LogP contribution is 2.26. The maximum Gasteiger partial charge on any atom is 0.256 e. The van der Waals surface area contributed by atoms with Gasteiger partial charge in [-0.05, 0) is 38.3 Å². The molecule has 0 saturated heterocycles. The SMILES string of the molecule is Cc1ccc(NN)c(C(=O)N(C)C2CCC2)c1. The van der Waals surface area contributed by atoms with Crippen LogP contribution >= 0.6 is 0 Å². The van der Waals surface area contributed by atoms with E-state index in [1.807, 2.05) is 37.1 Å². The highest BCUT2D eigenvalue weighted by molar-refractivity contribution is 5.99. The number of carbonyl (C=O) groups is 1. The Balaban J connectivity index is 2.25.